The van der Waals surface area contributed by atoms with E-state index in [0.29, 0.717) is 11.4 Å². The molecular formula is C37H62N2O13. The van der Waals surface area contributed by atoms with Gasteiger partial charge in [0.15, 0.2) is 6.29 Å². The lowest BCUT2D eigenvalue weighted by Gasteiger charge is -2.47. The highest BCUT2D eigenvalue weighted by atomic mass is 16.7. The Kier molecular flexibility index (Phi) is 15.4. The average Bonchev–Trinajstić information content (AvgIpc) is 3.10. The van der Waals surface area contributed by atoms with Crippen LogP contribution >= 0.6 is 0 Å². The minimum Gasteiger partial charge on any atom is -0.497 e. The van der Waals surface area contributed by atoms with E-state index in [-0.39, 0.29) is 32.5 Å². The Balaban J connectivity index is 1.87. The topological polar surface area (TPSA) is 218 Å². The third kappa shape index (κ3) is 10.2. The SMILES string of the molecule is CC[C@H]1OC(=O)[C@H](C)[C@@H](O)[C@H](C)[C@@H](O[C@@H]2O[C@H](C)C[C@H](N(C)C(=O)COCc3cc(OC)ccn3)[C@H]2O)C(C)(O)C[C@@H](C)C(O)[C@H](C)[C@@H](O)[C@]1(C)O. The summed E-state index contributed by atoms with van der Waals surface area (Å²) in [6.07, 6.45) is -8.05. The van der Waals surface area contributed by atoms with Gasteiger partial charge in [-0.25, -0.2) is 0 Å². The fourth-order valence-corrected chi connectivity index (χ4v) is 7.65. The summed E-state index contributed by atoms with van der Waals surface area (Å²) in [5.74, 6) is -4.38. The first-order valence-corrected chi connectivity index (χ1v) is 18.2. The van der Waals surface area contributed by atoms with Gasteiger partial charge in [0, 0.05) is 31.1 Å². The van der Waals surface area contributed by atoms with Gasteiger partial charge in [0.1, 0.15) is 30.2 Å². The molecule has 52 heavy (non-hydrogen) atoms. The fraction of sp³-hybridized carbons (Fsp3) is 0.811. The zero-order valence-corrected chi connectivity index (χ0v) is 32.2. The molecule has 0 aromatic carbocycles. The van der Waals surface area contributed by atoms with Crippen molar-refractivity contribution in [2.24, 2.45) is 23.7 Å². The number of amides is 1. The Morgan fingerprint density at radius 1 is 1.04 bits per heavy atom. The van der Waals surface area contributed by atoms with Crippen LogP contribution in [-0.2, 0) is 35.1 Å². The van der Waals surface area contributed by atoms with Crippen LogP contribution in [0.25, 0.3) is 0 Å². The molecule has 2 aliphatic rings. The van der Waals surface area contributed by atoms with Gasteiger partial charge in [-0.05, 0) is 58.9 Å². The van der Waals surface area contributed by atoms with Crippen molar-refractivity contribution in [2.45, 2.75) is 148 Å². The molecule has 6 N–H and O–H groups in total. The maximum absolute atomic E-state index is 13.4. The van der Waals surface area contributed by atoms with Crippen molar-refractivity contribution in [3.05, 3.63) is 24.0 Å². The van der Waals surface area contributed by atoms with Crippen LogP contribution in [0.2, 0.25) is 0 Å². The van der Waals surface area contributed by atoms with Crippen LogP contribution in [-0.4, -0.2) is 139 Å². The van der Waals surface area contributed by atoms with Crippen LogP contribution < -0.4 is 4.74 Å². The minimum absolute atomic E-state index is 0.0570. The Labute approximate surface area is 307 Å². The molecule has 3 heterocycles. The molecule has 0 aliphatic carbocycles. The number of methoxy groups -OCH3 is 1. The monoisotopic (exact) mass is 742 g/mol. The van der Waals surface area contributed by atoms with Crippen LogP contribution in [0.5, 0.6) is 5.75 Å². The van der Waals surface area contributed by atoms with Crippen molar-refractivity contribution >= 4 is 11.9 Å². The van der Waals surface area contributed by atoms with Gasteiger partial charge in [0.25, 0.3) is 0 Å². The number of ether oxygens (including phenoxy) is 5. The summed E-state index contributed by atoms with van der Waals surface area (Å²) in [5, 5.41) is 69.1. The number of pyridine rings is 1. The number of likely N-dealkylation sites (N-methyl/N-ethyl adjacent to an activating group) is 1. The molecule has 15 heteroatoms. The summed E-state index contributed by atoms with van der Waals surface area (Å²) in [6.45, 7) is 12.3. The Bertz CT molecular complexity index is 1310. The van der Waals surface area contributed by atoms with Gasteiger partial charge in [0.2, 0.25) is 5.91 Å². The second kappa shape index (κ2) is 18.2. The normalized spacial score (nSPS) is 41.1. The maximum atomic E-state index is 13.4. The van der Waals surface area contributed by atoms with Gasteiger partial charge < -0.3 is 59.2 Å². The van der Waals surface area contributed by atoms with E-state index in [4.69, 9.17) is 23.7 Å². The second-order valence-electron chi connectivity index (χ2n) is 15.4. The van der Waals surface area contributed by atoms with Crippen LogP contribution in [0.4, 0.5) is 0 Å². The van der Waals surface area contributed by atoms with E-state index in [2.05, 4.69) is 4.98 Å². The number of rotatable bonds is 9. The lowest BCUT2D eigenvalue weighted by atomic mass is 9.73. The van der Waals surface area contributed by atoms with E-state index in [0.717, 1.165) is 0 Å². The fourth-order valence-electron chi connectivity index (χ4n) is 7.65. The first kappa shape index (κ1) is 43.9. The molecule has 1 aromatic heterocycles. The van der Waals surface area contributed by atoms with E-state index >= 15 is 0 Å². The van der Waals surface area contributed by atoms with Crippen molar-refractivity contribution in [2.75, 3.05) is 20.8 Å². The molecule has 0 saturated carbocycles. The Morgan fingerprint density at radius 3 is 2.31 bits per heavy atom. The number of hydrogen-bond donors (Lipinski definition) is 6. The van der Waals surface area contributed by atoms with Crippen molar-refractivity contribution in [1.29, 1.82) is 0 Å². The number of carbonyl (C=O) groups excluding carboxylic acids is 2. The van der Waals surface area contributed by atoms with Crippen LogP contribution in [0.15, 0.2) is 18.3 Å². The van der Waals surface area contributed by atoms with Gasteiger partial charge in [-0.1, -0.05) is 27.7 Å². The molecule has 0 bridgehead atoms. The lowest BCUT2D eigenvalue weighted by Crippen LogP contribution is -2.61. The minimum atomic E-state index is -1.94. The Hall–Kier alpha value is -2.47. The second-order valence-corrected chi connectivity index (χ2v) is 15.4. The number of cyclic esters (lactones) is 1. The largest absolute Gasteiger partial charge is 0.497 e. The number of aliphatic hydroxyl groups excluding tert-OH is 4. The van der Waals surface area contributed by atoms with Gasteiger partial charge >= 0.3 is 5.97 Å². The zero-order chi connectivity index (χ0) is 39.3. The molecular weight excluding hydrogens is 680 g/mol. The number of aromatic nitrogens is 1. The molecule has 15 atom stereocenters. The average molecular weight is 743 g/mol. The van der Waals surface area contributed by atoms with Gasteiger partial charge in [-0.15, -0.1) is 0 Å². The van der Waals surface area contributed by atoms with Gasteiger partial charge in [-0.3, -0.25) is 14.6 Å². The molecule has 2 aliphatic heterocycles. The molecule has 1 amide bonds. The molecule has 2 saturated heterocycles. The van der Waals surface area contributed by atoms with Gasteiger partial charge in [-0.2, -0.15) is 0 Å². The van der Waals surface area contributed by atoms with Crippen LogP contribution in [0.3, 0.4) is 0 Å². The first-order chi connectivity index (χ1) is 24.2. The summed E-state index contributed by atoms with van der Waals surface area (Å²) in [5.41, 5.74) is -3.17. The molecule has 1 aromatic rings. The highest BCUT2D eigenvalue weighted by Gasteiger charge is 2.51. The zero-order valence-electron chi connectivity index (χ0n) is 32.2. The highest BCUT2D eigenvalue weighted by molar-refractivity contribution is 5.77. The van der Waals surface area contributed by atoms with E-state index in [1.54, 1.807) is 52.9 Å². The van der Waals surface area contributed by atoms with Crippen LogP contribution in [0.1, 0.15) is 80.3 Å². The quantitative estimate of drug-likeness (QED) is 0.196. The predicted octanol–water partition coefficient (Wildman–Crippen LogP) is 1.17. The maximum Gasteiger partial charge on any atom is 0.311 e. The summed E-state index contributed by atoms with van der Waals surface area (Å²) < 4.78 is 28.9. The number of aliphatic hydroxyl groups is 6. The van der Waals surface area contributed by atoms with Crippen LogP contribution in [0, 0.1) is 23.7 Å². The predicted molar refractivity (Wildman–Crippen MR) is 188 cm³/mol. The molecule has 3 rings (SSSR count). The summed E-state index contributed by atoms with van der Waals surface area (Å²) >= 11 is 0. The third-order valence-corrected chi connectivity index (χ3v) is 11.0. The third-order valence-electron chi connectivity index (χ3n) is 11.0. The van der Waals surface area contributed by atoms with E-state index < -0.39 is 102 Å². The summed E-state index contributed by atoms with van der Waals surface area (Å²) in [4.78, 5) is 32.2. The molecule has 15 nitrogen and oxygen atoms in total. The highest BCUT2D eigenvalue weighted by Crippen LogP contribution is 2.38. The van der Waals surface area contributed by atoms with E-state index in [9.17, 15) is 40.2 Å². The van der Waals surface area contributed by atoms with E-state index in [1.807, 2.05) is 0 Å². The van der Waals surface area contributed by atoms with Crippen molar-refractivity contribution < 1.29 is 63.9 Å². The van der Waals surface area contributed by atoms with Crippen molar-refractivity contribution in [3.63, 3.8) is 0 Å². The van der Waals surface area contributed by atoms with E-state index in [1.165, 1.54) is 39.8 Å². The number of hydrogen-bond acceptors (Lipinski definition) is 14. The molecule has 2 unspecified atom stereocenters. The summed E-state index contributed by atoms with van der Waals surface area (Å²) in [6, 6.07) is 2.61. The number of esters is 1. The van der Waals surface area contributed by atoms with Crippen molar-refractivity contribution in [3.8, 4) is 5.75 Å². The van der Waals surface area contributed by atoms with Crippen molar-refractivity contribution in [1.82, 2.24) is 9.88 Å². The lowest BCUT2D eigenvalue weighted by molar-refractivity contribution is -0.299. The van der Waals surface area contributed by atoms with Gasteiger partial charge in [0.05, 0.1) is 67.5 Å². The molecule has 2 fully saturated rings. The number of carbonyl (C=O) groups is 2. The molecule has 298 valence electrons. The molecule has 0 spiro atoms. The first-order valence-electron chi connectivity index (χ1n) is 18.2. The summed E-state index contributed by atoms with van der Waals surface area (Å²) in [7, 11) is 3.07. The smallest absolute Gasteiger partial charge is 0.311 e. The Morgan fingerprint density at radius 2 is 1.69 bits per heavy atom. The molecule has 0 radical (unpaired) electrons. The number of nitrogens with zero attached hydrogens (tertiary/aromatic N) is 2. The standard InChI is InChI=1S/C37H62N2O13/c1-11-27-37(8,47)32(44)21(4)29(41)19(2)16-36(7,46)33(22(5)30(42)23(6)34(45)51-27)52-35-31(43)26(14-20(3)50-35)39(9)28(40)18-49-17-24-15-25(48-10)12-13-38-24/h12-13,15,19-23,26-27,29-33,35,41-44,46-47H,11,14,16-18H2,1-10H3/t19-,20-,21+,22+,23-,26+,27-,29?,30+,31-,32-,33-,35+,36?,37-/m1/s1.